The van der Waals surface area contributed by atoms with E-state index in [4.69, 9.17) is 14.2 Å². The van der Waals surface area contributed by atoms with Gasteiger partial charge in [-0.25, -0.2) is 0 Å². The molecule has 2 aromatic carbocycles. The number of aryl methyl sites for hydroxylation is 3. The fourth-order valence-corrected chi connectivity index (χ4v) is 7.96. The Morgan fingerprint density at radius 3 is 2.35 bits per heavy atom. The Balaban J connectivity index is 1.15. The summed E-state index contributed by atoms with van der Waals surface area (Å²) in [6, 6.07) is 12.0. The first-order valence-corrected chi connectivity index (χ1v) is 17.3. The number of carbonyl (C=O) groups is 3. The number of methoxy groups -OCH3 is 2. The highest BCUT2D eigenvalue weighted by Gasteiger charge is 2.43. The first-order valence-electron chi connectivity index (χ1n) is 17.3. The number of ether oxygens (including phenoxy) is 3. The lowest BCUT2D eigenvalue weighted by molar-refractivity contribution is -0.133. The summed E-state index contributed by atoms with van der Waals surface area (Å²) in [4.78, 5) is 43.1. The van der Waals surface area contributed by atoms with Crippen molar-refractivity contribution in [2.75, 3.05) is 45.8 Å². The SMILES string of the molecule is CO[C@@H]1CN([C@H]2C[C@@H](CO[C@H]3CC[C@H](C=O)CC3)N(C(=O)Cc3cc(C)c(NC(=O)c4cn(C)c5ccccc45)cc3C)C2)C[C@H]1OC. The molecule has 3 aromatic rings. The van der Waals surface area contributed by atoms with Crippen LogP contribution in [0.1, 0.15) is 59.2 Å². The molecule has 10 heteroatoms. The lowest BCUT2D eigenvalue weighted by Crippen LogP contribution is -2.41. The minimum absolute atomic E-state index is 0.00713. The quantitative estimate of drug-likeness (QED) is 0.299. The standard InChI is InChI=1S/C38H50N4O6/c1-24-15-33(39-38(45)32-19-40(3)34-9-7-6-8-31(32)34)25(2)14-27(24)16-37(44)42-18-28(41-20-35(46-4)36(21-41)47-5)17-29(42)23-48-30-12-10-26(22-43)11-13-30/h6-9,14-15,19,22,26,28-30,35-36H,10-13,16-18,20-21,23H2,1-5H3,(H,39,45)/t26-,28-,29-,30-,35+,36+/m0/s1. The van der Waals surface area contributed by atoms with Crippen LogP contribution in [0.15, 0.2) is 42.6 Å². The Hall–Kier alpha value is -3.57. The van der Waals surface area contributed by atoms with Crippen molar-refractivity contribution >= 4 is 34.7 Å². The molecule has 2 amide bonds. The molecule has 6 rings (SSSR count). The van der Waals surface area contributed by atoms with E-state index in [9.17, 15) is 14.4 Å². The minimum atomic E-state index is -0.156. The topological polar surface area (TPSA) is 102 Å². The average Bonchev–Trinajstić information content (AvgIpc) is 3.81. The summed E-state index contributed by atoms with van der Waals surface area (Å²) >= 11 is 0. The first-order chi connectivity index (χ1) is 23.2. The highest BCUT2D eigenvalue weighted by molar-refractivity contribution is 6.13. The van der Waals surface area contributed by atoms with Gasteiger partial charge in [0.1, 0.15) is 6.29 Å². The molecule has 1 N–H and O–H groups in total. The van der Waals surface area contributed by atoms with E-state index in [1.807, 2.05) is 73.0 Å². The zero-order valence-corrected chi connectivity index (χ0v) is 28.9. The molecule has 3 aliphatic rings. The lowest BCUT2D eigenvalue weighted by Gasteiger charge is -2.29. The largest absolute Gasteiger partial charge is 0.377 e. The van der Waals surface area contributed by atoms with Crippen LogP contribution in [0.25, 0.3) is 10.9 Å². The van der Waals surface area contributed by atoms with Crippen molar-refractivity contribution in [3.05, 3.63) is 64.8 Å². The number of likely N-dealkylation sites (tertiary alicyclic amines) is 2. The summed E-state index contributed by atoms with van der Waals surface area (Å²) in [6.07, 6.45) is 7.68. The molecule has 0 spiro atoms. The van der Waals surface area contributed by atoms with Gasteiger partial charge in [0, 0.05) is 75.6 Å². The van der Waals surface area contributed by atoms with Gasteiger partial charge in [-0.1, -0.05) is 24.3 Å². The molecule has 0 bridgehead atoms. The lowest BCUT2D eigenvalue weighted by atomic mass is 9.88. The summed E-state index contributed by atoms with van der Waals surface area (Å²) in [5, 5.41) is 4.03. The Kier molecular flexibility index (Phi) is 10.6. The summed E-state index contributed by atoms with van der Waals surface area (Å²) < 4.78 is 19.8. The predicted molar refractivity (Wildman–Crippen MR) is 185 cm³/mol. The second-order valence-corrected chi connectivity index (χ2v) is 14.0. The van der Waals surface area contributed by atoms with Gasteiger partial charge >= 0.3 is 0 Å². The first kappa shape index (κ1) is 34.3. The van der Waals surface area contributed by atoms with Gasteiger partial charge in [0.05, 0.1) is 42.9 Å². The normalized spacial score (nSPS) is 26.3. The zero-order valence-electron chi connectivity index (χ0n) is 28.9. The van der Waals surface area contributed by atoms with E-state index in [2.05, 4.69) is 10.2 Å². The molecule has 3 heterocycles. The van der Waals surface area contributed by atoms with Gasteiger partial charge in [-0.2, -0.15) is 0 Å². The van der Waals surface area contributed by atoms with E-state index >= 15 is 0 Å². The van der Waals surface area contributed by atoms with E-state index in [1.54, 1.807) is 14.2 Å². The third kappa shape index (κ3) is 7.22. The number of nitrogens with zero attached hydrogens (tertiary/aromatic N) is 3. The number of hydrogen-bond acceptors (Lipinski definition) is 7. The molecule has 2 saturated heterocycles. The zero-order chi connectivity index (χ0) is 33.9. The number of aromatic nitrogens is 1. The fourth-order valence-electron chi connectivity index (χ4n) is 7.96. The predicted octanol–water partition coefficient (Wildman–Crippen LogP) is 4.68. The molecule has 10 nitrogen and oxygen atoms in total. The van der Waals surface area contributed by atoms with Gasteiger partial charge in [0.2, 0.25) is 5.91 Å². The molecule has 4 atom stereocenters. The summed E-state index contributed by atoms with van der Waals surface area (Å²) in [5.74, 6) is 0.0645. The number of benzene rings is 2. The summed E-state index contributed by atoms with van der Waals surface area (Å²) in [5.41, 5.74) is 5.20. The number of para-hydroxylation sites is 1. The highest BCUT2D eigenvalue weighted by atomic mass is 16.5. The van der Waals surface area contributed by atoms with Crippen LogP contribution in [0.4, 0.5) is 5.69 Å². The number of hydrogen-bond donors (Lipinski definition) is 1. The van der Waals surface area contributed by atoms with Crippen LogP contribution in [0.5, 0.6) is 0 Å². The molecule has 3 fully saturated rings. The van der Waals surface area contributed by atoms with Crippen LogP contribution in [-0.2, 0) is 37.3 Å². The summed E-state index contributed by atoms with van der Waals surface area (Å²) in [6.45, 7) is 6.64. The Labute approximate surface area is 283 Å². The number of anilines is 1. The third-order valence-corrected chi connectivity index (χ3v) is 10.9. The fraction of sp³-hybridized carbons (Fsp3) is 0.553. The minimum Gasteiger partial charge on any atom is -0.377 e. The Morgan fingerprint density at radius 2 is 1.67 bits per heavy atom. The van der Waals surface area contributed by atoms with Gasteiger partial charge in [-0.15, -0.1) is 0 Å². The van der Waals surface area contributed by atoms with E-state index in [1.165, 1.54) is 0 Å². The monoisotopic (exact) mass is 658 g/mol. The molecule has 1 saturated carbocycles. The van der Waals surface area contributed by atoms with E-state index in [-0.39, 0.29) is 54.5 Å². The molecule has 1 aliphatic carbocycles. The molecular weight excluding hydrogens is 608 g/mol. The van der Waals surface area contributed by atoms with Crippen molar-refractivity contribution in [1.82, 2.24) is 14.4 Å². The van der Waals surface area contributed by atoms with Crippen molar-refractivity contribution in [2.24, 2.45) is 13.0 Å². The highest BCUT2D eigenvalue weighted by Crippen LogP contribution is 2.31. The maximum Gasteiger partial charge on any atom is 0.257 e. The number of aldehydes is 1. The van der Waals surface area contributed by atoms with Crippen molar-refractivity contribution < 1.29 is 28.6 Å². The second-order valence-electron chi connectivity index (χ2n) is 14.0. The van der Waals surface area contributed by atoms with Crippen molar-refractivity contribution in [1.29, 1.82) is 0 Å². The van der Waals surface area contributed by atoms with Crippen molar-refractivity contribution in [3.63, 3.8) is 0 Å². The van der Waals surface area contributed by atoms with Crippen molar-refractivity contribution in [3.8, 4) is 0 Å². The van der Waals surface area contributed by atoms with E-state index in [0.717, 1.165) is 84.8 Å². The van der Waals surface area contributed by atoms with Gasteiger partial charge in [-0.3, -0.25) is 14.5 Å². The van der Waals surface area contributed by atoms with Crippen molar-refractivity contribution in [2.45, 2.75) is 82.8 Å². The number of carbonyl (C=O) groups excluding carboxylic acids is 3. The molecule has 0 unspecified atom stereocenters. The van der Waals surface area contributed by atoms with Crippen LogP contribution in [-0.4, -0.2) is 103 Å². The number of amides is 2. The van der Waals surface area contributed by atoms with Gasteiger partial charge in [-0.05, 0) is 74.8 Å². The third-order valence-electron chi connectivity index (χ3n) is 10.9. The number of fused-ring (bicyclic) bond motifs is 1. The summed E-state index contributed by atoms with van der Waals surface area (Å²) in [7, 11) is 5.40. The smallest absolute Gasteiger partial charge is 0.257 e. The second kappa shape index (κ2) is 14.9. The van der Waals surface area contributed by atoms with Crippen LogP contribution in [0.2, 0.25) is 0 Å². The Morgan fingerprint density at radius 1 is 0.958 bits per heavy atom. The van der Waals surface area contributed by atoms with Gasteiger partial charge in [0.15, 0.2) is 0 Å². The maximum absolute atomic E-state index is 14.1. The molecular formula is C38H50N4O6. The van der Waals surface area contributed by atoms with Gasteiger partial charge in [0.25, 0.3) is 5.91 Å². The molecule has 0 radical (unpaired) electrons. The number of rotatable bonds is 11. The van der Waals surface area contributed by atoms with Crippen LogP contribution >= 0.6 is 0 Å². The average molecular weight is 659 g/mol. The van der Waals surface area contributed by atoms with Gasteiger partial charge < -0.3 is 33.8 Å². The van der Waals surface area contributed by atoms with E-state index < -0.39 is 0 Å². The van der Waals surface area contributed by atoms with Crippen LogP contribution < -0.4 is 5.32 Å². The molecule has 1 aromatic heterocycles. The van der Waals surface area contributed by atoms with E-state index in [0.29, 0.717) is 18.7 Å². The molecule has 2 aliphatic heterocycles. The van der Waals surface area contributed by atoms with Crippen LogP contribution in [0.3, 0.4) is 0 Å². The molecule has 48 heavy (non-hydrogen) atoms. The Bertz CT molecular complexity index is 1620. The maximum atomic E-state index is 14.1. The van der Waals surface area contributed by atoms with Crippen LogP contribution in [0, 0.1) is 19.8 Å². The molecule has 258 valence electrons. The number of nitrogens with one attached hydrogen (secondary N) is 1.